The molecule has 0 aliphatic carbocycles. The van der Waals surface area contributed by atoms with Crippen LogP contribution in [0.15, 0.2) is 36.5 Å². The summed E-state index contributed by atoms with van der Waals surface area (Å²) in [5, 5.41) is 9.66. The van der Waals surface area contributed by atoms with Gasteiger partial charge in [-0.2, -0.15) is 0 Å². The van der Waals surface area contributed by atoms with E-state index in [4.69, 9.17) is 9.47 Å². The van der Waals surface area contributed by atoms with E-state index in [-0.39, 0.29) is 25.2 Å². The van der Waals surface area contributed by atoms with E-state index in [1.54, 1.807) is 0 Å². The molecule has 0 spiro atoms. The molecule has 0 amide bonds. The standard InChI is InChI=1S/C61H114O5/c1-3-5-7-9-11-13-15-17-19-21-23-25-27-29-30-32-33-35-37-39-41-43-45-47-49-51-53-55-60(63)65-58-59(57-62)66-61(64)56-54-52-50-48-46-44-42-40-38-36-34-31-28-26-24-22-20-18-16-14-12-10-8-6-4-2/h16,18,22,24,28,31,59,62H,3-15,17,19-21,23,25-27,29-30,32-58H2,1-2H3/b18-16-,24-22-,31-28-. The number of aliphatic hydroxyl groups is 1. The van der Waals surface area contributed by atoms with Crippen molar-refractivity contribution in [1.82, 2.24) is 0 Å². The minimum atomic E-state index is -0.773. The van der Waals surface area contributed by atoms with Gasteiger partial charge in [0, 0.05) is 12.8 Å². The first-order valence-electron chi connectivity index (χ1n) is 29.5. The molecule has 0 aliphatic heterocycles. The van der Waals surface area contributed by atoms with Crippen molar-refractivity contribution < 1.29 is 24.2 Å². The molecule has 0 aromatic heterocycles. The van der Waals surface area contributed by atoms with Crippen LogP contribution in [0.25, 0.3) is 0 Å². The Hall–Kier alpha value is -1.88. The fourth-order valence-corrected chi connectivity index (χ4v) is 8.98. The Morgan fingerprint density at radius 3 is 0.909 bits per heavy atom. The highest BCUT2D eigenvalue weighted by Crippen LogP contribution is 2.18. The Balaban J connectivity index is 3.44. The summed E-state index contributed by atoms with van der Waals surface area (Å²) < 4.78 is 10.7. The summed E-state index contributed by atoms with van der Waals surface area (Å²) in [6.45, 7) is 4.18. The van der Waals surface area contributed by atoms with E-state index in [0.29, 0.717) is 12.8 Å². The van der Waals surface area contributed by atoms with Gasteiger partial charge in [-0.1, -0.05) is 294 Å². The first-order valence-corrected chi connectivity index (χ1v) is 29.5. The van der Waals surface area contributed by atoms with Gasteiger partial charge in [-0.15, -0.1) is 0 Å². The van der Waals surface area contributed by atoms with Crippen LogP contribution < -0.4 is 0 Å². The SMILES string of the molecule is CCCCCCC/C=C\C/C=C\C/C=C\CCCCCCCCCCCCC(=O)OC(CO)COC(=O)CCCCCCCCCCCCCCCCCCCCCCCCCCCCC. The Labute approximate surface area is 412 Å². The molecule has 0 fully saturated rings. The minimum absolute atomic E-state index is 0.0630. The molecule has 5 heteroatoms. The zero-order valence-electron chi connectivity index (χ0n) is 44.5. The lowest BCUT2D eigenvalue weighted by molar-refractivity contribution is -0.161. The Bertz CT molecular complexity index is 1050. The van der Waals surface area contributed by atoms with Crippen molar-refractivity contribution in [1.29, 1.82) is 0 Å². The molecule has 0 saturated carbocycles. The Kier molecular flexibility index (Phi) is 55.8. The van der Waals surface area contributed by atoms with Gasteiger partial charge in [0.25, 0.3) is 0 Å². The van der Waals surface area contributed by atoms with Gasteiger partial charge < -0.3 is 14.6 Å². The third-order valence-corrected chi connectivity index (χ3v) is 13.4. The van der Waals surface area contributed by atoms with Gasteiger partial charge in [0.2, 0.25) is 0 Å². The van der Waals surface area contributed by atoms with Gasteiger partial charge in [-0.3, -0.25) is 9.59 Å². The molecule has 0 saturated heterocycles. The van der Waals surface area contributed by atoms with Crippen molar-refractivity contribution in [3.63, 3.8) is 0 Å². The third kappa shape index (κ3) is 54.7. The van der Waals surface area contributed by atoms with E-state index >= 15 is 0 Å². The second-order valence-electron chi connectivity index (χ2n) is 20.1. The maximum Gasteiger partial charge on any atom is 0.306 e. The van der Waals surface area contributed by atoms with Gasteiger partial charge in [0.15, 0.2) is 6.10 Å². The highest BCUT2D eigenvalue weighted by molar-refractivity contribution is 5.70. The van der Waals surface area contributed by atoms with Crippen molar-refractivity contribution in [3.8, 4) is 0 Å². The highest BCUT2D eigenvalue weighted by atomic mass is 16.6. The minimum Gasteiger partial charge on any atom is -0.462 e. The molecule has 0 bridgehead atoms. The largest absolute Gasteiger partial charge is 0.462 e. The second kappa shape index (κ2) is 57.4. The number of ether oxygens (including phenoxy) is 2. The van der Waals surface area contributed by atoms with Crippen LogP contribution in [-0.2, 0) is 19.1 Å². The van der Waals surface area contributed by atoms with Crippen molar-refractivity contribution in [2.24, 2.45) is 0 Å². The lowest BCUT2D eigenvalue weighted by Crippen LogP contribution is -2.28. The molecule has 0 heterocycles. The van der Waals surface area contributed by atoms with E-state index in [0.717, 1.165) is 44.9 Å². The van der Waals surface area contributed by atoms with E-state index < -0.39 is 6.10 Å². The summed E-state index contributed by atoms with van der Waals surface area (Å²) in [6.07, 6.45) is 74.1. The van der Waals surface area contributed by atoms with Crippen LogP contribution in [0.4, 0.5) is 0 Å². The zero-order valence-corrected chi connectivity index (χ0v) is 44.5. The number of allylic oxidation sites excluding steroid dienone is 6. The third-order valence-electron chi connectivity index (χ3n) is 13.4. The molecule has 0 aromatic carbocycles. The second-order valence-corrected chi connectivity index (χ2v) is 20.1. The van der Waals surface area contributed by atoms with Gasteiger partial charge in [0.1, 0.15) is 6.61 Å². The van der Waals surface area contributed by atoms with Gasteiger partial charge in [-0.25, -0.2) is 0 Å². The molecular weight excluding hydrogens is 813 g/mol. The molecule has 0 rings (SSSR count). The molecule has 1 unspecified atom stereocenters. The fourth-order valence-electron chi connectivity index (χ4n) is 8.98. The predicted molar refractivity (Wildman–Crippen MR) is 288 cm³/mol. The summed E-state index contributed by atoms with van der Waals surface area (Å²) in [7, 11) is 0. The topological polar surface area (TPSA) is 72.8 Å². The van der Waals surface area contributed by atoms with Gasteiger partial charge in [0.05, 0.1) is 6.61 Å². The number of hydrogen-bond acceptors (Lipinski definition) is 5. The zero-order chi connectivity index (χ0) is 47.7. The van der Waals surface area contributed by atoms with E-state index in [1.165, 1.54) is 250 Å². The molecular formula is C61H114O5. The number of esters is 2. The number of carbonyl (C=O) groups is 2. The monoisotopic (exact) mass is 927 g/mol. The quantitative estimate of drug-likeness (QED) is 0.0374. The lowest BCUT2D eigenvalue weighted by atomic mass is 10.0. The van der Waals surface area contributed by atoms with Gasteiger partial charge in [-0.05, 0) is 51.4 Å². The number of hydrogen-bond donors (Lipinski definition) is 1. The first-order chi connectivity index (χ1) is 32.6. The van der Waals surface area contributed by atoms with Crippen LogP contribution in [-0.4, -0.2) is 36.4 Å². The maximum atomic E-state index is 12.3. The van der Waals surface area contributed by atoms with Crippen LogP contribution >= 0.6 is 0 Å². The number of unbranched alkanes of at least 4 members (excludes halogenated alkanes) is 41. The van der Waals surface area contributed by atoms with Crippen LogP contribution in [0.5, 0.6) is 0 Å². The summed E-state index contributed by atoms with van der Waals surface area (Å²) in [5.41, 5.74) is 0. The van der Waals surface area contributed by atoms with E-state index in [9.17, 15) is 14.7 Å². The molecule has 0 aliphatic rings. The number of rotatable bonds is 55. The molecule has 5 nitrogen and oxygen atoms in total. The number of carbonyl (C=O) groups excluding carboxylic acids is 2. The summed E-state index contributed by atoms with van der Waals surface area (Å²) >= 11 is 0. The smallest absolute Gasteiger partial charge is 0.306 e. The Morgan fingerprint density at radius 2 is 0.606 bits per heavy atom. The van der Waals surface area contributed by atoms with Crippen LogP contribution in [0.1, 0.15) is 322 Å². The van der Waals surface area contributed by atoms with Gasteiger partial charge >= 0.3 is 11.9 Å². The predicted octanol–water partition coefficient (Wildman–Crippen LogP) is 19.9. The summed E-state index contributed by atoms with van der Waals surface area (Å²) in [6, 6.07) is 0. The van der Waals surface area contributed by atoms with E-state index in [1.807, 2.05) is 0 Å². The van der Waals surface area contributed by atoms with Crippen molar-refractivity contribution in [3.05, 3.63) is 36.5 Å². The Morgan fingerprint density at radius 1 is 0.348 bits per heavy atom. The average Bonchev–Trinajstić information content (AvgIpc) is 3.32. The molecule has 388 valence electrons. The lowest BCUT2D eigenvalue weighted by Gasteiger charge is -2.15. The van der Waals surface area contributed by atoms with E-state index in [2.05, 4.69) is 50.3 Å². The summed E-state index contributed by atoms with van der Waals surface area (Å²) in [5.74, 6) is -0.578. The molecule has 66 heavy (non-hydrogen) atoms. The van der Waals surface area contributed by atoms with Crippen LogP contribution in [0, 0.1) is 0 Å². The molecule has 0 radical (unpaired) electrons. The number of aliphatic hydroxyl groups excluding tert-OH is 1. The normalized spacial score (nSPS) is 12.3. The van der Waals surface area contributed by atoms with Crippen LogP contribution in [0.3, 0.4) is 0 Å². The first kappa shape index (κ1) is 64.1. The maximum absolute atomic E-state index is 12.3. The summed E-state index contributed by atoms with van der Waals surface area (Å²) in [4.78, 5) is 24.5. The van der Waals surface area contributed by atoms with Crippen LogP contribution in [0.2, 0.25) is 0 Å². The molecule has 0 aromatic rings. The van der Waals surface area contributed by atoms with Crippen molar-refractivity contribution >= 4 is 11.9 Å². The van der Waals surface area contributed by atoms with Crippen molar-refractivity contribution in [2.75, 3.05) is 13.2 Å². The highest BCUT2D eigenvalue weighted by Gasteiger charge is 2.16. The molecule has 1 atom stereocenters. The average molecular weight is 928 g/mol. The molecule has 1 N–H and O–H groups in total. The van der Waals surface area contributed by atoms with Crippen molar-refractivity contribution in [2.45, 2.75) is 328 Å². The fraction of sp³-hybridized carbons (Fsp3) is 0.869.